The van der Waals surface area contributed by atoms with Crippen LogP contribution in [-0.2, 0) is 9.09 Å². The lowest BCUT2D eigenvalue weighted by Crippen LogP contribution is -2.41. The van der Waals surface area contributed by atoms with Gasteiger partial charge in [-0.1, -0.05) is 24.3 Å². The number of hydrogen-bond donors (Lipinski definition) is 3. The number of nitrogens with zero attached hydrogens (tertiary/aromatic N) is 1. The molecule has 2 atom stereocenters. The minimum Gasteiger partial charge on any atom is -0.323 e. The van der Waals surface area contributed by atoms with Gasteiger partial charge in [-0.3, -0.25) is 9.52 Å². The highest BCUT2D eigenvalue weighted by Crippen LogP contribution is 2.43. The molecule has 1 aromatic rings. The predicted molar refractivity (Wildman–Crippen MR) is 86.1 cm³/mol. The average molecular weight is 326 g/mol. The fraction of sp³-hybridized carbons (Fsp3) is 0.533. The molecule has 122 valence electrons. The molecule has 22 heavy (non-hydrogen) atoms. The molecule has 0 saturated heterocycles. The van der Waals surface area contributed by atoms with Gasteiger partial charge in [0.05, 0.1) is 6.61 Å². The van der Waals surface area contributed by atoms with Crippen molar-refractivity contribution in [3.63, 3.8) is 0 Å². The maximum atomic E-state index is 10.8. The van der Waals surface area contributed by atoms with Gasteiger partial charge in [0, 0.05) is 18.3 Å². The lowest BCUT2D eigenvalue weighted by atomic mass is 9.93. The van der Waals surface area contributed by atoms with E-state index >= 15 is 0 Å². The Bertz CT molecular complexity index is 596. The van der Waals surface area contributed by atoms with Crippen LogP contribution in [0.25, 0.3) is 0 Å². The van der Waals surface area contributed by atoms with Gasteiger partial charge in [-0.2, -0.15) is 0 Å². The maximum Gasteiger partial charge on any atom is 0.469 e. The van der Waals surface area contributed by atoms with Crippen LogP contribution in [0.3, 0.4) is 0 Å². The third-order valence-electron chi connectivity index (χ3n) is 4.30. The molecule has 0 amide bonds. The summed E-state index contributed by atoms with van der Waals surface area (Å²) in [5.41, 5.74) is 8.80. The van der Waals surface area contributed by atoms with E-state index in [-0.39, 0.29) is 6.61 Å². The van der Waals surface area contributed by atoms with Crippen LogP contribution in [0, 0.1) is 0 Å². The van der Waals surface area contributed by atoms with Crippen LogP contribution in [0.5, 0.6) is 0 Å². The molecule has 4 N–H and O–H groups in total. The van der Waals surface area contributed by atoms with E-state index in [1.807, 2.05) is 19.1 Å². The van der Waals surface area contributed by atoms with Crippen molar-refractivity contribution in [1.29, 1.82) is 0 Å². The SMILES string of the molecule is C/N=C(\C)c1ccc([C@@H]2CC[C@](N)(COP(=O)(O)O)C2)cc1. The summed E-state index contributed by atoms with van der Waals surface area (Å²) in [6, 6.07) is 8.23. The fourth-order valence-electron chi connectivity index (χ4n) is 2.91. The van der Waals surface area contributed by atoms with Crippen molar-refractivity contribution < 1.29 is 18.9 Å². The third-order valence-corrected chi connectivity index (χ3v) is 4.76. The molecular weight excluding hydrogens is 303 g/mol. The molecule has 7 heteroatoms. The van der Waals surface area contributed by atoms with Crippen LogP contribution in [0.2, 0.25) is 0 Å². The number of hydrogen-bond acceptors (Lipinski definition) is 4. The molecule has 0 radical (unpaired) electrons. The Labute approximate surface area is 130 Å². The van der Waals surface area contributed by atoms with E-state index in [1.54, 1.807) is 7.05 Å². The summed E-state index contributed by atoms with van der Waals surface area (Å²) < 4.78 is 15.4. The number of nitrogens with two attached hydrogens (primary N) is 1. The summed E-state index contributed by atoms with van der Waals surface area (Å²) in [5, 5.41) is 0. The van der Waals surface area contributed by atoms with E-state index in [4.69, 9.17) is 15.5 Å². The van der Waals surface area contributed by atoms with E-state index in [9.17, 15) is 4.57 Å². The van der Waals surface area contributed by atoms with E-state index in [1.165, 1.54) is 5.56 Å². The highest BCUT2D eigenvalue weighted by Gasteiger charge is 2.38. The van der Waals surface area contributed by atoms with Gasteiger partial charge < -0.3 is 15.5 Å². The van der Waals surface area contributed by atoms with Gasteiger partial charge in [-0.05, 0) is 43.2 Å². The largest absolute Gasteiger partial charge is 0.469 e. The zero-order valence-electron chi connectivity index (χ0n) is 12.9. The molecular formula is C15H23N2O4P. The van der Waals surface area contributed by atoms with Crippen LogP contribution in [-0.4, -0.2) is 34.7 Å². The Hall–Kier alpha value is -1.04. The molecule has 0 heterocycles. The molecule has 1 aromatic carbocycles. The van der Waals surface area contributed by atoms with Crippen molar-refractivity contribution >= 4 is 13.5 Å². The Kier molecular flexibility index (Phi) is 5.20. The first kappa shape index (κ1) is 17.3. The van der Waals surface area contributed by atoms with E-state index < -0.39 is 13.4 Å². The smallest absolute Gasteiger partial charge is 0.323 e. The average Bonchev–Trinajstić information content (AvgIpc) is 2.87. The minimum atomic E-state index is -4.47. The van der Waals surface area contributed by atoms with Crippen LogP contribution in [0.1, 0.15) is 43.2 Å². The van der Waals surface area contributed by atoms with Crippen LogP contribution in [0.15, 0.2) is 29.3 Å². The standard InChI is InChI=1S/C15H23N2O4P/c1-11(17-2)12-3-5-13(6-4-12)14-7-8-15(16,9-14)10-21-22(18,19)20/h3-6,14H,7-10,16H2,1-2H3,(H2,18,19,20)/b17-11+/t14-,15-/m1/s1. The normalized spacial score (nSPS) is 26.4. The topological polar surface area (TPSA) is 105 Å². The van der Waals surface area contributed by atoms with Gasteiger partial charge in [0.25, 0.3) is 0 Å². The first-order valence-corrected chi connectivity index (χ1v) is 8.78. The quantitative estimate of drug-likeness (QED) is 0.568. The van der Waals surface area contributed by atoms with Crippen LogP contribution in [0.4, 0.5) is 0 Å². The van der Waals surface area contributed by atoms with Crippen molar-refractivity contribution in [1.82, 2.24) is 0 Å². The second-order valence-corrected chi connectivity index (χ2v) is 7.24. The van der Waals surface area contributed by atoms with Gasteiger partial charge in [0.1, 0.15) is 0 Å². The van der Waals surface area contributed by atoms with Gasteiger partial charge >= 0.3 is 7.82 Å². The monoisotopic (exact) mass is 326 g/mol. The van der Waals surface area contributed by atoms with Gasteiger partial charge in [0.15, 0.2) is 0 Å². The Morgan fingerprint density at radius 3 is 2.64 bits per heavy atom. The first-order valence-electron chi connectivity index (χ1n) is 7.25. The third kappa shape index (κ3) is 4.48. The summed E-state index contributed by atoms with van der Waals surface area (Å²) in [6.45, 7) is 1.85. The maximum absolute atomic E-state index is 10.8. The van der Waals surface area contributed by atoms with E-state index in [0.717, 1.165) is 17.7 Å². The zero-order chi connectivity index (χ0) is 16.4. The van der Waals surface area contributed by atoms with Gasteiger partial charge in [-0.15, -0.1) is 0 Å². The van der Waals surface area contributed by atoms with Crippen molar-refractivity contribution in [3.05, 3.63) is 35.4 Å². The number of rotatable bonds is 5. The highest BCUT2D eigenvalue weighted by atomic mass is 31.2. The van der Waals surface area contributed by atoms with Crippen molar-refractivity contribution in [3.8, 4) is 0 Å². The molecule has 0 spiro atoms. The molecule has 6 nitrogen and oxygen atoms in total. The second kappa shape index (κ2) is 6.60. The Morgan fingerprint density at radius 1 is 1.45 bits per heavy atom. The Balaban J connectivity index is 2.02. The second-order valence-electron chi connectivity index (χ2n) is 6.00. The predicted octanol–water partition coefficient (Wildman–Crippen LogP) is 2.20. The molecule has 0 unspecified atom stereocenters. The Morgan fingerprint density at radius 2 is 2.09 bits per heavy atom. The van der Waals surface area contributed by atoms with Crippen LogP contribution < -0.4 is 5.73 Å². The lowest BCUT2D eigenvalue weighted by molar-refractivity contribution is 0.153. The van der Waals surface area contributed by atoms with Gasteiger partial charge in [-0.25, -0.2) is 4.57 Å². The molecule has 1 aliphatic carbocycles. The summed E-state index contributed by atoms with van der Waals surface area (Å²) in [7, 11) is -2.70. The molecule has 1 fully saturated rings. The zero-order valence-corrected chi connectivity index (χ0v) is 13.8. The first-order chi connectivity index (χ1) is 10.2. The minimum absolute atomic E-state index is 0.118. The van der Waals surface area contributed by atoms with Crippen molar-refractivity contribution in [2.24, 2.45) is 10.7 Å². The van der Waals surface area contributed by atoms with Crippen molar-refractivity contribution in [2.45, 2.75) is 37.6 Å². The van der Waals surface area contributed by atoms with Crippen LogP contribution >= 0.6 is 7.82 Å². The number of phosphoric acid groups is 1. The van der Waals surface area contributed by atoms with E-state index in [0.29, 0.717) is 18.8 Å². The fourth-order valence-corrected chi connectivity index (χ4v) is 3.34. The lowest BCUT2D eigenvalue weighted by Gasteiger charge is -2.24. The molecule has 0 bridgehead atoms. The van der Waals surface area contributed by atoms with Gasteiger partial charge in [0.2, 0.25) is 0 Å². The molecule has 0 aliphatic heterocycles. The molecule has 1 aliphatic rings. The molecule has 0 aromatic heterocycles. The summed E-state index contributed by atoms with van der Waals surface area (Å²) in [6.07, 6.45) is 2.24. The van der Waals surface area contributed by atoms with E-state index in [2.05, 4.69) is 21.6 Å². The summed E-state index contributed by atoms with van der Waals surface area (Å²) in [4.78, 5) is 21.8. The summed E-state index contributed by atoms with van der Waals surface area (Å²) >= 11 is 0. The number of phosphoric ester groups is 1. The summed E-state index contributed by atoms with van der Waals surface area (Å²) in [5.74, 6) is 0.290. The highest BCUT2D eigenvalue weighted by molar-refractivity contribution is 7.46. The van der Waals surface area contributed by atoms with Crippen molar-refractivity contribution in [2.75, 3.05) is 13.7 Å². The molecule has 2 rings (SSSR count). The number of benzene rings is 1. The molecule has 1 saturated carbocycles. The number of aliphatic imine (C=N–C) groups is 1.